The van der Waals surface area contributed by atoms with Crippen LogP contribution in [-0.2, 0) is 0 Å². The largest absolute Gasteiger partial charge is 0.478 e. The van der Waals surface area contributed by atoms with E-state index in [-0.39, 0.29) is 5.54 Å². The van der Waals surface area contributed by atoms with E-state index in [0.717, 1.165) is 18.5 Å². The summed E-state index contributed by atoms with van der Waals surface area (Å²) in [5, 5.41) is 0. The zero-order valence-corrected chi connectivity index (χ0v) is 11.1. The van der Waals surface area contributed by atoms with Crippen LogP contribution < -0.4 is 15.2 Å². The third-order valence-corrected chi connectivity index (χ3v) is 3.19. The second kappa shape index (κ2) is 5.52. The van der Waals surface area contributed by atoms with E-state index >= 15 is 0 Å². The molecule has 1 aliphatic carbocycles. The lowest BCUT2D eigenvalue weighted by Gasteiger charge is -2.22. The molecule has 0 unspecified atom stereocenters. The number of ether oxygens (including phenoxy) is 2. The SMILES string of the molecule is CCOc1cc(C)nc(OCC2(N)CCCC2)n1. The second-order valence-corrected chi connectivity index (χ2v) is 4.92. The Balaban J connectivity index is 2.00. The number of aryl methyl sites for hydroxylation is 1. The zero-order chi connectivity index (χ0) is 13.0. The molecular formula is C13H21N3O2. The molecule has 0 aromatic carbocycles. The van der Waals surface area contributed by atoms with Crippen LogP contribution in [-0.4, -0.2) is 28.7 Å². The molecule has 1 heterocycles. The smallest absolute Gasteiger partial charge is 0.319 e. The summed E-state index contributed by atoms with van der Waals surface area (Å²) in [6, 6.07) is 2.15. The van der Waals surface area contributed by atoms with E-state index in [1.54, 1.807) is 6.07 Å². The Hall–Kier alpha value is -1.36. The van der Waals surface area contributed by atoms with E-state index in [4.69, 9.17) is 15.2 Å². The fourth-order valence-electron chi connectivity index (χ4n) is 2.23. The maximum absolute atomic E-state index is 6.23. The lowest BCUT2D eigenvalue weighted by molar-refractivity contribution is 0.202. The third-order valence-electron chi connectivity index (χ3n) is 3.19. The Labute approximate surface area is 108 Å². The number of rotatable bonds is 5. The maximum atomic E-state index is 6.23. The summed E-state index contributed by atoms with van der Waals surface area (Å²) in [4.78, 5) is 8.44. The van der Waals surface area contributed by atoms with Gasteiger partial charge in [0.2, 0.25) is 5.88 Å². The molecule has 1 fully saturated rings. The molecule has 0 radical (unpaired) electrons. The van der Waals surface area contributed by atoms with Crippen LogP contribution in [0.4, 0.5) is 0 Å². The molecule has 1 aromatic heterocycles. The molecule has 1 saturated carbocycles. The van der Waals surface area contributed by atoms with Crippen molar-refractivity contribution < 1.29 is 9.47 Å². The second-order valence-electron chi connectivity index (χ2n) is 4.92. The highest BCUT2D eigenvalue weighted by atomic mass is 16.5. The van der Waals surface area contributed by atoms with Gasteiger partial charge in [0.25, 0.3) is 0 Å². The number of nitrogens with zero attached hydrogens (tertiary/aromatic N) is 2. The molecule has 2 rings (SSSR count). The first-order chi connectivity index (χ1) is 8.61. The van der Waals surface area contributed by atoms with Gasteiger partial charge in [-0.05, 0) is 26.7 Å². The molecule has 0 atom stereocenters. The predicted molar refractivity (Wildman–Crippen MR) is 68.8 cm³/mol. The van der Waals surface area contributed by atoms with Crippen molar-refractivity contribution in [2.45, 2.75) is 45.1 Å². The minimum absolute atomic E-state index is 0.209. The number of hydrogen-bond donors (Lipinski definition) is 1. The van der Waals surface area contributed by atoms with Gasteiger partial charge in [-0.25, -0.2) is 4.98 Å². The molecule has 0 saturated heterocycles. The molecule has 1 aliphatic rings. The van der Waals surface area contributed by atoms with Crippen LogP contribution >= 0.6 is 0 Å². The lowest BCUT2D eigenvalue weighted by atomic mass is 10.0. The van der Waals surface area contributed by atoms with Crippen molar-refractivity contribution in [2.24, 2.45) is 5.73 Å². The molecule has 2 N–H and O–H groups in total. The molecule has 0 aliphatic heterocycles. The monoisotopic (exact) mass is 251 g/mol. The molecular weight excluding hydrogens is 230 g/mol. The molecule has 18 heavy (non-hydrogen) atoms. The highest BCUT2D eigenvalue weighted by Gasteiger charge is 2.30. The Morgan fingerprint density at radius 1 is 1.28 bits per heavy atom. The van der Waals surface area contributed by atoms with Crippen molar-refractivity contribution in [1.82, 2.24) is 9.97 Å². The van der Waals surface area contributed by atoms with Gasteiger partial charge in [-0.1, -0.05) is 12.8 Å². The Bertz CT molecular complexity index is 403. The van der Waals surface area contributed by atoms with Crippen LogP contribution in [0.1, 0.15) is 38.3 Å². The fourth-order valence-corrected chi connectivity index (χ4v) is 2.23. The van der Waals surface area contributed by atoms with Gasteiger partial charge in [-0.15, -0.1) is 0 Å². The van der Waals surface area contributed by atoms with Crippen molar-refractivity contribution in [3.63, 3.8) is 0 Å². The molecule has 5 heteroatoms. The summed E-state index contributed by atoms with van der Waals surface area (Å²) in [6.07, 6.45) is 4.38. The van der Waals surface area contributed by atoms with Gasteiger partial charge in [-0.3, -0.25) is 0 Å². The summed E-state index contributed by atoms with van der Waals surface area (Å²) >= 11 is 0. The average Bonchev–Trinajstić information content (AvgIpc) is 2.74. The van der Waals surface area contributed by atoms with Crippen LogP contribution in [0.3, 0.4) is 0 Å². The van der Waals surface area contributed by atoms with Crippen LogP contribution in [0.25, 0.3) is 0 Å². The van der Waals surface area contributed by atoms with Crippen molar-refractivity contribution in [3.05, 3.63) is 11.8 Å². The summed E-state index contributed by atoms with van der Waals surface area (Å²) in [5.41, 5.74) is 6.85. The van der Waals surface area contributed by atoms with Crippen LogP contribution in [0.15, 0.2) is 6.07 Å². The molecule has 0 amide bonds. The van der Waals surface area contributed by atoms with E-state index in [2.05, 4.69) is 9.97 Å². The lowest BCUT2D eigenvalue weighted by Crippen LogP contribution is -2.42. The normalized spacial score (nSPS) is 17.7. The van der Waals surface area contributed by atoms with Crippen molar-refractivity contribution >= 4 is 0 Å². The van der Waals surface area contributed by atoms with Crippen molar-refractivity contribution in [2.75, 3.05) is 13.2 Å². The van der Waals surface area contributed by atoms with Gasteiger partial charge < -0.3 is 15.2 Å². The Kier molecular flexibility index (Phi) is 4.01. The Morgan fingerprint density at radius 2 is 2.00 bits per heavy atom. The minimum Gasteiger partial charge on any atom is -0.478 e. The Morgan fingerprint density at radius 3 is 2.67 bits per heavy atom. The quantitative estimate of drug-likeness (QED) is 0.864. The van der Waals surface area contributed by atoms with E-state index in [9.17, 15) is 0 Å². The molecule has 1 aromatic rings. The predicted octanol–water partition coefficient (Wildman–Crippen LogP) is 1.83. The van der Waals surface area contributed by atoms with Crippen LogP contribution in [0.2, 0.25) is 0 Å². The molecule has 0 spiro atoms. The van der Waals surface area contributed by atoms with E-state index in [1.807, 2.05) is 13.8 Å². The standard InChI is InChI=1S/C13H21N3O2/c1-3-17-11-8-10(2)15-12(16-11)18-9-13(14)6-4-5-7-13/h8H,3-7,9,14H2,1-2H3. The first-order valence-corrected chi connectivity index (χ1v) is 6.51. The van der Waals surface area contributed by atoms with Crippen LogP contribution in [0.5, 0.6) is 11.9 Å². The third kappa shape index (κ3) is 3.32. The number of hydrogen-bond acceptors (Lipinski definition) is 5. The van der Waals surface area contributed by atoms with Gasteiger partial charge in [0.1, 0.15) is 6.61 Å². The van der Waals surface area contributed by atoms with Crippen molar-refractivity contribution in [3.8, 4) is 11.9 Å². The topological polar surface area (TPSA) is 70.3 Å². The maximum Gasteiger partial charge on any atom is 0.319 e. The first-order valence-electron chi connectivity index (χ1n) is 6.51. The summed E-state index contributed by atoms with van der Waals surface area (Å²) in [7, 11) is 0. The molecule has 5 nitrogen and oxygen atoms in total. The van der Waals surface area contributed by atoms with E-state index in [1.165, 1.54) is 12.8 Å². The van der Waals surface area contributed by atoms with E-state index < -0.39 is 0 Å². The number of aromatic nitrogens is 2. The van der Waals surface area contributed by atoms with Gasteiger partial charge in [-0.2, -0.15) is 4.98 Å². The van der Waals surface area contributed by atoms with Gasteiger partial charge in [0.05, 0.1) is 12.1 Å². The first kappa shape index (κ1) is 13.1. The van der Waals surface area contributed by atoms with Crippen LogP contribution in [0, 0.1) is 6.92 Å². The summed E-state index contributed by atoms with van der Waals surface area (Å²) in [6.45, 7) is 4.87. The van der Waals surface area contributed by atoms with Gasteiger partial charge >= 0.3 is 6.01 Å². The summed E-state index contributed by atoms with van der Waals surface area (Å²) in [5.74, 6) is 0.553. The van der Waals surface area contributed by atoms with E-state index in [0.29, 0.717) is 25.1 Å². The minimum atomic E-state index is -0.209. The molecule has 100 valence electrons. The number of nitrogens with two attached hydrogens (primary N) is 1. The summed E-state index contributed by atoms with van der Waals surface area (Å²) < 4.78 is 11.0. The zero-order valence-electron chi connectivity index (χ0n) is 11.1. The van der Waals surface area contributed by atoms with Crippen molar-refractivity contribution in [1.29, 1.82) is 0 Å². The highest BCUT2D eigenvalue weighted by Crippen LogP contribution is 2.27. The van der Waals surface area contributed by atoms with Gasteiger partial charge in [0.15, 0.2) is 0 Å². The highest BCUT2D eigenvalue weighted by molar-refractivity contribution is 5.17. The van der Waals surface area contributed by atoms with Gasteiger partial charge in [0, 0.05) is 11.8 Å². The molecule has 0 bridgehead atoms. The fraction of sp³-hybridized carbons (Fsp3) is 0.692. The average molecular weight is 251 g/mol.